The van der Waals surface area contributed by atoms with E-state index < -0.39 is 5.91 Å². The van der Waals surface area contributed by atoms with Gasteiger partial charge in [-0.05, 0) is 36.4 Å². The highest BCUT2D eigenvalue weighted by molar-refractivity contribution is 7.99. The highest BCUT2D eigenvalue weighted by Gasteiger charge is 2.12. The van der Waals surface area contributed by atoms with Gasteiger partial charge in [-0.25, -0.2) is 0 Å². The average Bonchev–Trinajstić information content (AvgIpc) is 2.72. The fourth-order valence-electron chi connectivity index (χ4n) is 2.36. The maximum atomic E-state index is 12.3. The minimum Gasteiger partial charge on any atom is -0.506 e. The van der Waals surface area contributed by atoms with Crippen LogP contribution >= 0.6 is 11.8 Å². The number of phenolic OH excluding ortho intramolecular Hbond substituents is 1. The van der Waals surface area contributed by atoms with Crippen LogP contribution in [0.5, 0.6) is 5.75 Å². The van der Waals surface area contributed by atoms with E-state index in [9.17, 15) is 15.2 Å². The maximum absolute atomic E-state index is 12.3. The zero-order valence-corrected chi connectivity index (χ0v) is 15.6. The van der Waals surface area contributed by atoms with Gasteiger partial charge in [0.05, 0.1) is 11.4 Å². The molecule has 3 aromatic carbocycles. The first-order valence-electron chi connectivity index (χ1n) is 8.45. The minimum absolute atomic E-state index is 0.0642. The third-order valence-electron chi connectivity index (χ3n) is 3.75. The topological polar surface area (TPSA) is 85.2 Å². The van der Waals surface area contributed by atoms with Crippen LogP contribution in [0.1, 0.15) is 0 Å². The molecule has 1 amide bonds. The van der Waals surface area contributed by atoms with Crippen LogP contribution in [-0.2, 0) is 4.79 Å². The Morgan fingerprint density at radius 3 is 2.29 bits per heavy atom. The van der Waals surface area contributed by atoms with Crippen LogP contribution < -0.4 is 10.6 Å². The van der Waals surface area contributed by atoms with Gasteiger partial charge in [-0.3, -0.25) is 4.79 Å². The molecule has 0 aliphatic heterocycles. The second kappa shape index (κ2) is 9.31. The van der Waals surface area contributed by atoms with Crippen molar-refractivity contribution in [2.75, 3.05) is 10.6 Å². The van der Waals surface area contributed by atoms with Crippen LogP contribution in [0.4, 0.5) is 11.4 Å². The smallest absolute Gasteiger partial charge is 0.267 e. The van der Waals surface area contributed by atoms with Crippen molar-refractivity contribution in [3.05, 3.63) is 90.6 Å². The molecule has 0 atom stereocenters. The zero-order chi connectivity index (χ0) is 19.8. The van der Waals surface area contributed by atoms with Crippen LogP contribution in [0.25, 0.3) is 0 Å². The summed E-state index contributed by atoms with van der Waals surface area (Å²) >= 11 is 1.58. The van der Waals surface area contributed by atoms with Gasteiger partial charge in [0.2, 0.25) is 0 Å². The summed E-state index contributed by atoms with van der Waals surface area (Å²) in [7, 11) is 0. The monoisotopic (exact) mass is 387 g/mol. The van der Waals surface area contributed by atoms with Gasteiger partial charge in [0, 0.05) is 16.0 Å². The summed E-state index contributed by atoms with van der Waals surface area (Å²) in [5, 5.41) is 24.7. The predicted octanol–water partition coefficient (Wildman–Crippen LogP) is 5.00. The molecule has 0 fully saturated rings. The van der Waals surface area contributed by atoms with Crippen LogP contribution in [-0.4, -0.2) is 11.0 Å². The third kappa shape index (κ3) is 4.93. The van der Waals surface area contributed by atoms with Gasteiger partial charge < -0.3 is 15.7 Å². The quantitative estimate of drug-likeness (QED) is 0.315. The summed E-state index contributed by atoms with van der Waals surface area (Å²) in [5.74, 6) is -0.671. The third-order valence-corrected chi connectivity index (χ3v) is 4.83. The van der Waals surface area contributed by atoms with Crippen LogP contribution in [0, 0.1) is 11.3 Å². The summed E-state index contributed by atoms with van der Waals surface area (Å²) in [6.07, 6.45) is 1.36. The molecule has 3 N–H and O–H groups in total. The molecule has 0 saturated carbocycles. The molecule has 6 heteroatoms. The highest BCUT2D eigenvalue weighted by Crippen LogP contribution is 2.33. The lowest BCUT2D eigenvalue weighted by molar-refractivity contribution is -0.112. The maximum Gasteiger partial charge on any atom is 0.267 e. The van der Waals surface area contributed by atoms with E-state index in [1.807, 2.05) is 60.7 Å². The van der Waals surface area contributed by atoms with Gasteiger partial charge in [-0.1, -0.05) is 54.2 Å². The molecule has 28 heavy (non-hydrogen) atoms. The van der Waals surface area contributed by atoms with E-state index in [1.54, 1.807) is 30.0 Å². The number of amides is 1. The molecule has 3 aromatic rings. The van der Waals surface area contributed by atoms with Crippen LogP contribution in [0.3, 0.4) is 0 Å². The summed E-state index contributed by atoms with van der Waals surface area (Å²) in [6, 6.07) is 25.8. The molecule has 0 spiro atoms. The minimum atomic E-state index is -0.607. The van der Waals surface area contributed by atoms with E-state index >= 15 is 0 Å². The van der Waals surface area contributed by atoms with E-state index in [0.29, 0.717) is 0 Å². The lowest BCUT2D eigenvalue weighted by Crippen LogP contribution is -2.14. The van der Waals surface area contributed by atoms with Gasteiger partial charge in [0.15, 0.2) is 0 Å². The van der Waals surface area contributed by atoms with Gasteiger partial charge in [0.25, 0.3) is 5.91 Å². The number of nitrogens with one attached hydrogen (secondary N) is 2. The van der Waals surface area contributed by atoms with Crippen molar-refractivity contribution < 1.29 is 9.90 Å². The van der Waals surface area contributed by atoms with Gasteiger partial charge >= 0.3 is 0 Å². The summed E-state index contributed by atoms with van der Waals surface area (Å²) < 4.78 is 0. The van der Waals surface area contributed by atoms with Crippen LogP contribution in [0.15, 0.2) is 100 Å². The van der Waals surface area contributed by atoms with E-state index in [2.05, 4.69) is 10.6 Å². The molecule has 0 saturated heterocycles. The number of phenols is 1. The van der Waals surface area contributed by atoms with Crippen molar-refractivity contribution >= 4 is 29.0 Å². The largest absolute Gasteiger partial charge is 0.506 e. The SMILES string of the molecule is N#C/C(=C/Nc1ccccc1Sc1ccccc1)C(=O)Nc1ccccc1O. The summed E-state index contributed by atoms with van der Waals surface area (Å²) in [5.41, 5.74) is 0.913. The molecule has 0 aliphatic rings. The Bertz CT molecular complexity index is 1040. The molecular formula is C22H17N3O2S. The van der Waals surface area contributed by atoms with E-state index in [0.717, 1.165) is 15.5 Å². The van der Waals surface area contributed by atoms with Gasteiger partial charge in [0.1, 0.15) is 17.4 Å². The Morgan fingerprint density at radius 1 is 0.929 bits per heavy atom. The Hall–Kier alpha value is -3.69. The van der Waals surface area contributed by atoms with Crippen molar-refractivity contribution in [1.29, 1.82) is 5.26 Å². The number of nitriles is 1. The number of hydrogen-bond acceptors (Lipinski definition) is 5. The molecule has 0 aromatic heterocycles. The molecule has 0 unspecified atom stereocenters. The van der Waals surface area contributed by atoms with Gasteiger partial charge in [-0.15, -0.1) is 0 Å². The Kier molecular flexibility index (Phi) is 6.34. The Morgan fingerprint density at radius 2 is 1.57 bits per heavy atom. The van der Waals surface area contributed by atoms with Gasteiger partial charge in [-0.2, -0.15) is 5.26 Å². The lowest BCUT2D eigenvalue weighted by atomic mass is 10.2. The molecule has 5 nitrogen and oxygen atoms in total. The second-order valence-corrected chi connectivity index (χ2v) is 6.81. The van der Waals surface area contributed by atoms with Crippen LogP contribution in [0.2, 0.25) is 0 Å². The molecule has 0 radical (unpaired) electrons. The molecular weight excluding hydrogens is 370 g/mol. The number of para-hydroxylation sites is 3. The lowest BCUT2D eigenvalue weighted by Gasteiger charge is -2.10. The number of hydrogen-bond donors (Lipinski definition) is 3. The fraction of sp³-hybridized carbons (Fsp3) is 0. The number of nitrogens with zero attached hydrogens (tertiary/aromatic N) is 1. The van der Waals surface area contributed by atoms with Crippen molar-refractivity contribution in [3.8, 4) is 11.8 Å². The van der Waals surface area contributed by atoms with Crippen molar-refractivity contribution in [2.24, 2.45) is 0 Å². The molecule has 138 valence electrons. The summed E-state index contributed by atoms with van der Waals surface area (Å²) in [4.78, 5) is 14.4. The predicted molar refractivity (Wildman–Crippen MR) is 111 cm³/mol. The first-order chi connectivity index (χ1) is 13.7. The Labute approximate surface area is 167 Å². The number of aromatic hydroxyl groups is 1. The first-order valence-corrected chi connectivity index (χ1v) is 9.27. The van der Waals surface area contributed by atoms with E-state index in [4.69, 9.17) is 0 Å². The number of carbonyl (C=O) groups excluding carboxylic acids is 1. The number of anilines is 2. The molecule has 0 aliphatic carbocycles. The molecule has 0 bridgehead atoms. The van der Waals surface area contributed by atoms with Crippen molar-refractivity contribution in [3.63, 3.8) is 0 Å². The second-order valence-electron chi connectivity index (χ2n) is 5.70. The number of carbonyl (C=O) groups is 1. The zero-order valence-electron chi connectivity index (χ0n) is 14.8. The number of benzene rings is 3. The van der Waals surface area contributed by atoms with E-state index in [1.165, 1.54) is 12.3 Å². The first kappa shape index (κ1) is 19.1. The summed E-state index contributed by atoms with van der Waals surface area (Å²) in [6.45, 7) is 0. The fourth-order valence-corrected chi connectivity index (χ4v) is 3.29. The molecule has 3 rings (SSSR count). The standard InChI is InChI=1S/C22H17N3O2S/c23-14-16(22(27)25-18-10-4-6-12-20(18)26)15-24-19-11-5-7-13-21(19)28-17-8-2-1-3-9-17/h1-13,15,24,26H,(H,25,27)/b16-15-. The molecule has 0 heterocycles. The Balaban J connectivity index is 1.75. The van der Waals surface area contributed by atoms with E-state index in [-0.39, 0.29) is 17.0 Å². The number of rotatable bonds is 6. The van der Waals surface area contributed by atoms with Crippen molar-refractivity contribution in [1.82, 2.24) is 0 Å². The van der Waals surface area contributed by atoms with Crippen molar-refractivity contribution in [2.45, 2.75) is 9.79 Å². The average molecular weight is 387 g/mol. The normalized spacial score (nSPS) is 10.8. The highest BCUT2D eigenvalue weighted by atomic mass is 32.2.